The first-order valence-electron chi connectivity index (χ1n) is 6.34. The van der Waals surface area contributed by atoms with Gasteiger partial charge in [0, 0.05) is 26.1 Å². The Morgan fingerprint density at radius 1 is 1.00 bits per heavy atom. The Hall–Kier alpha value is -1.26. The van der Waals surface area contributed by atoms with E-state index in [1.54, 1.807) is 0 Å². The molecule has 0 aliphatic heterocycles. The van der Waals surface area contributed by atoms with Crippen LogP contribution in [-0.4, -0.2) is 31.6 Å². The molecule has 3 N–H and O–H groups in total. The predicted molar refractivity (Wildman–Crippen MR) is 68.8 cm³/mol. The molecule has 0 aliphatic rings. The van der Waals surface area contributed by atoms with E-state index in [2.05, 4.69) is 29.8 Å². The van der Waals surface area contributed by atoms with Crippen LogP contribution < -0.4 is 16.0 Å². The molecule has 0 heterocycles. The van der Waals surface area contributed by atoms with E-state index in [0.29, 0.717) is 32.0 Å². The van der Waals surface area contributed by atoms with Crippen LogP contribution in [0.25, 0.3) is 0 Å². The second-order valence-electron chi connectivity index (χ2n) is 4.47. The van der Waals surface area contributed by atoms with Crippen molar-refractivity contribution >= 4 is 11.9 Å². The van der Waals surface area contributed by atoms with Gasteiger partial charge >= 0.3 is 6.03 Å². The minimum Gasteiger partial charge on any atom is -0.356 e. The Balaban J connectivity index is 3.41. The third kappa shape index (κ3) is 11.0. The van der Waals surface area contributed by atoms with Crippen molar-refractivity contribution < 1.29 is 9.59 Å². The number of carbonyl (C=O) groups excluding carboxylic acids is 2. The summed E-state index contributed by atoms with van der Waals surface area (Å²) in [4.78, 5) is 22.5. The fourth-order valence-electron chi connectivity index (χ4n) is 1.18. The first-order chi connectivity index (χ1) is 8.06. The Morgan fingerprint density at radius 3 is 2.24 bits per heavy atom. The van der Waals surface area contributed by atoms with Crippen LogP contribution in [-0.2, 0) is 4.79 Å². The standard InChI is InChI=1S/C12H25N3O2/c1-4-7-13-11(16)6-9-15-12(17)14-8-5-10(2)3/h10H,4-9H2,1-3H3,(H,13,16)(H2,14,15,17). The average Bonchev–Trinajstić information content (AvgIpc) is 2.25. The molecule has 0 radical (unpaired) electrons. The smallest absolute Gasteiger partial charge is 0.314 e. The van der Waals surface area contributed by atoms with E-state index in [1.165, 1.54) is 0 Å². The van der Waals surface area contributed by atoms with Crippen LogP contribution in [0.3, 0.4) is 0 Å². The van der Waals surface area contributed by atoms with Gasteiger partial charge in [-0.15, -0.1) is 0 Å². The zero-order valence-corrected chi connectivity index (χ0v) is 11.1. The van der Waals surface area contributed by atoms with Crippen LogP contribution in [0.2, 0.25) is 0 Å². The maximum absolute atomic E-state index is 11.3. The second-order valence-corrected chi connectivity index (χ2v) is 4.47. The quantitative estimate of drug-likeness (QED) is 0.600. The van der Waals surface area contributed by atoms with Gasteiger partial charge in [-0.3, -0.25) is 4.79 Å². The van der Waals surface area contributed by atoms with Crippen molar-refractivity contribution in [3.8, 4) is 0 Å². The van der Waals surface area contributed by atoms with E-state index in [1.807, 2.05) is 6.92 Å². The summed E-state index contributed by atoms with van der Waals surface area (Å²) in [5.41, 5.74) is 0. The van der Waals surface area contributed by atoms with Gasteiger partial charge in [0.05, 0.1) is 0 Å². The fourth-order valence-corrected chi connectivity index (χ4v) is 1.18. The number of rotatable bonds is 8. The molecule has 5 nitrogen and oxygen atoms in total. The van der Waals surface area contributed by atoms with Gasteiger partial charge in [0.1, 0.15) is 0 Å². The lowest BCUT2D eigenvalue weighted by Gasteiger charge is -2.08. The SMILES string of the molecule is CCCNC(=O)CCNC(=O)NCCC(C)C. The normalized spacial score (nSPS) is 10.1. The molecular weight excluding hydrogens is 218 g/mol. The Bertz CT molecular complexity index is 230. The lowest BCUT2D eigenvalue weighted by atomic mass is 10.1. The molecule has 100 valence electrons. The fraction of sp³-hybridized carbons (Fsp3) is 0.833. The van der Waals surface area contributed by atoms with Crippen molar-refractivity contribution in [1.29, 1.82) is 0 Å². The highest BCUT2D eigenvalue weighted by atomic mass is 16.2. The third-order valence-electron chi connectivity index (χ3n) is 2.22. The summed E-state index contributed by atoms with van der Waals surface area (Å²) in [5, 5.41) is 8.16. The molecule has 17 heavy (non-hydrogen) atoms. The third-order valence-corrected chi connectivity index (χ3v) is 2.22. The molecule has 0 aromatic rings. The van der Waals surface area contributed by atoms with Crippen LogP contribution in [0.5, 0.6) is 0 Å². The highest BCUT2D eigenvalue weighted by Crippen LogP contribution is 1.95. The molecule has 0 aliphatic carbocycles. The summed E-state index contributed by atoms with van der Waals surface area (Å²) in [6.07, 6.45) is 2.22. The van der Waals surface area contributed by atoms with E-state index in [4.69, 9.17) is 0 Å². The van der Waals surface area contributed by atoms with E-state index in [-0.39, 0.29) is 11.9 Å². The van der Waals surface area contributed by atoms with Gasteiger partial charge in [-0.2, -0.15) is 0 Å². The van der Waals surface area contributed by atoms with Gasteiger partial charge in [-0.1, -0.05) is 20.8 Å². The van der Waals surface area contributed by atoms with Gasteiger partial charge < -0.3 is 16.0 Å². The predicted octanol–water partition coefficient (Wildman–Crippen LogP) is 1.25. The number of hydrogen-bond acceptors (Lipinski definition) is 2. The number of urea groups is 1. The molecule has 0 saturated heterocycles. The minimum absolute atomic E-state index is 0.0191. The molecule has 0 fully saturated rings. The highest BCUT2D eigenvalue weighted by molar-refractivity contribution is 5.78. The summed E-state index contributed by atoms with van der Waals surface area (Å²) < 4.78 is 0. The molecule has 0 aromatic heterocycles. The second kappa shape index (κ2) is 9.93. The van der Waals surface area contributed by atoms with Crippen LogP contribution in [0.15, 0.2) is 0 Å². The van der Waals surface area contributed by atoms with E-state index in [0.717, 1.165) is 12.8 Å². The van der Waals surface area contributed by atoms with Crippen LogP contribution in [0.4, 0.5) is 4.79 Å². The number of nitrogens with one attached hydrogen (secondary N) is 3. The zero-order chi connectivity index (χ0) is 13.1. The molecule has 0 aromatic carbocycles. The first-order valence-corrected chi connectivity index (χ1v) is 6.34. The summed E-state index contributed by atoms with van der Waals surface area (Å²) in [5.74, 6) is 0.560. The molecule has 0 spiro atoms. The van der Waals surface area contributed by atoms with Crippen molar-refractivity contribution in [2.75, 3.05) is 19.6 Å². The molecule has 0 unspecified atom stereocenters. The summed E-state index contributed by atoms with van der Waals surface area (Å²) in [6, 6.07) is -0.200. The number of hydrogen-bond donors (Lipinski definition) is 3. The number of carbonyl (C=O) groups is 2. The molecule has 3 amide bonds. The van der Waals surface area contributed by atoms with Gasteiger partial charge in [-0.25, -0.2) is 4.79 Å². The molecule has 0 saturated carbocycles. The monoisotopic (exact) mass is 243 g/mol. The molecular formula is C12H25N3O2. The van der Waals surface area contributed by atoms with E-state index in [9.17, 15) is 9.59 Å². The van der Waals surface area contributed by atoms with Crippen molar-refractivity contribution in [3.63, 3.8) is 0 Å². The Kier molecular flexibility index (Phi) is 9.19. The summed E-state index contributed by atoms with van der Waals surface area (Å²) >= 11 is 0. The topological polar surface area (TPSA) is 70.2 Å². The van der Waals surface area contributed by atoms with E-state index < -0.39 is 0 Å². The average molecular weight is 243 g/mol. The van der Waals surface area contributed by atoms with Gasteiger partial charge in [-0.05, 0) is 18.8 Å². The van der Waals surface area contributed by atoms with Crippen LogP contribution in [0.1, 0.15) is 40.0 Å². The van der Waals surface area contributed by atoms with Crippen molar-refractivity contribution in [1.82, 2.24) is 16.0 Å². The van der Waals surface area contributed by atoms with Crippen molar-refractivity contribution in [3.05, 3.63) is 0 Å². The molecule has 5 heteroatoms. The number of amides is 3. The van der Waals surface area contributed by atoms with Crippen LogP contribution >= 0.6 is 0 Å². The zero-order valence-electron chi connectivity index (χ0n) is 11.1. The van der Waals surface area contributed by atoms with Crippen molar-refractivity contribution in [2.45, 2.75) is 40.0 Å². The van der Waals surface area contributed by atoms with Crippen molar-refractivity contribution in [2.24, 2.45) is 5.92 Å². The van der Waals surface area contributed by atoms with E-state index >= 15 is 0 Å². The molecule has 0 bridgehead atoms. The Labute approximate surface area is 104 Å². The molecule has 0 atom stereocenters. The minimum atomic E-state index is -0.200. The van der Waals surface area contributed by atoms with Gasteiger partial charge in [0.25, 0.3) is 0 Å². The summed E-state index contributed by atoms with van der Waals surface area (Å²) in [6.45, 7) is 7.96. The molecule has 0 rings (SSSR count). The highest BCUT2D eigenvalue weighted by Gasteiger charge is 2.03. The first kappa shape index (κ1) is 15.7. The Morgan fingerprint density at radius 2 is 1.65 bits per heavy atom. The largest absolute Gasteiger partial charge is 0.356 e. The lowest BCUT2D eigenvalue weighted by molar-refractivity contribution is -0.120. The lowest BCUT2D eigenvalue weighted by Crippen LogP contribution is -2.38. The van der Waals surface area contributed by atoms with Gasteiger partial charge in [0.15, 0.2) is 0 Å². The maximum Gasteiger partial charge on any atom is 0.314 e. The van der Waals surface area contributed by atoms with Gasteiger partial charge in [0.2, 0.25) is 5.91 Å². The summed E-state index contributed by atoms with van der Waals surface area (Å²) in [7, 11) is 0. The van der Waals surface area contributed by atoms with Crippen LogP contribution in [0, 0.1) is 5.92 Å². The maximum atomic E-state index is 11.3.